The van der Waals surface area contributed by atoms with Gasteiger partial charge in [0.1, 0.15) is 0 Å². The molecule has 0 heterocycles. The van der Waals surface area contributed by atoms with E-state index < -0.39 is 0 Å². The highest BCUT2D eigenvalue weighted by Crippen LogP contribution is 2.31. The summed E-state index contributed by atoms with van der Waals surface area (Å²) in [5.41, 5.74) is 5.70. The molecule has 0 aromatic heterocycles. The smallest absolute Gasteiger partial charge is 0.0516 e. The normalized spacial score (nSPS) is 17.9. The van der Waals surface area contributed by atoms with E-state index in [4.69, 9.17) is 0 Å². The van der Waals surface area contributed by atoms with E-state index in [1.54, 1.807) is 0 Å². The molecule has 1 aliphatic rings. The predicted octanol–water partition coefficient (Wildman–Crippen LogP) is 5.52. The number of rotatable bonds is 4. The zero-order valence-electron chi connectivity index (χ0n) is 12.9. The highest BCUT2D eigenvalue weighted by Gasteiger charge is 2.17. The molecular formula is C20H25N. The number of hydrogen-bond acceptors (Lipinski definition) is 1. The topological polar surface area (TPSA) is 12.0 Å². The second-order valence-corrected chi connectivity index (χ2v) is 6.09. The van der Waals surface area contributed by atoms with Crippen LogP contribution in [0.15, 0.2) is 48.5 Å². The number of benzene rings is 2. The summed E-state index contributed by atoms with van der Waals surface area (Å²) in [5.74, 6) is 0. The summed E-state index contributed by atoms with van der Waals surface area (Å²) in [6, 6.07) is 18.4. The number of fused-ring (bicyclic) bond motifs is 1. The molecule has 0 spiro atoms. The van der Waals surface area contributed by atoms with Gasteiger partial charge in [0, 0.05) is 5.69 Å². The van der Waals surface area contributed by atoms with Crippen LogP contribution in [0, 0.1) is 0 Å². The van der Waals surface area contributed by atoms with Crippen molar-refractivity contribution in [2.75, 3.05) is 5.32 Å². The molecule has 1 atom stereocenters. The molecule has 3 rings (SSSR count). The Morgan fingerprint density at radius 3 is 2.62 bits per heavy atom. The Bertz CT molecular complexity index is 571. The molecule has 0 bridgehead atoms. The van der Waals surface area contributed by atoms with Crippen LogP contribution in [0.1, 0.15) is 55.3 Å². The Balaban J connectivity index is 1.77. The average molecular weight is 279 g/mol. The first kappa shape index (κ1) is 14.2. The van der Waals surface area contributed by atoms with Crippen LogP contribution in [0.25, 0.3) is 0 Å². The molecule has 1 heteroatoms. The zero-order chi connectivity index (χ0) is 14.5. The van der Waals surface area contributed by atoms with Crippen molar-refractivity contribution < 1.29 is 0 Å². The zero-order valence-corrected chi connectivity index (χ0v) is 12.9. The molecule has 1 unspecified atom stereocenters. The molecule has 0 saturated carbocycles. The van der Waals surface area contributed by atoms with Crippen molar-refractivity contribution in [1.82, 2.24) is 0 Å². The van der Waals surface area contributed by atoms with Gasteiger partial charge < -0.3 is 5.32 Å². The molecule has 110 valence electrons. The lowest BCUT2D eigenvalue weighted by Gasteiger charge is -2.21. The van der Waals surface area contributed by atoms with Crippen LogP contribution in [0.5, 0.6) is 0 Å². The fourth-order valence-electron chi connectivity index (χ4n) is 3.33. The Morgan fingerprint density at radius 1 is 1.00 bits per heavy atom. The van der Waals surface area contributed by atoms with E-state index in [2.05, 4.69) is 60.8 Å². The van der Waals surface area contributed by atoms with Gasteiger partial charge in [-0.2, -0.15) is 0 Å². The summed E-state index contributed by atoms with van der Waals surface area (Å²) in [5, 5.41) is 3.75. The second-order valence-electron chi connectivity index (χ2n) is 6.09. The summed E-state index contributed by atoms with van der Waals surface area (Å²) in [6.45, 7) is 2.23. The van der Waals surface area contributed by atoms with E-state index in [1.165, 1.54) is 60.9 Å². The largest absolute Gasteiger partial charge is 0.378 e. The summed E-state index contributed by atoms with van der Waals surface area (Å²) >= 11 is 0. The third kappa shape index (κ3) is 3.47. The molecule has 2 aromatic carbocycles. The van der Waals surface area contributed by atoms with Gasteiger partial charge in [-0.3, -0.25) is 0 Å². The van der Waals surface area contributed by atoms with E-state index in [0.29, 0.717) is 6.04 Å². The van der Waals surface area contributed by atoms with Gasteiger partial charge in [0.15, 0.2) is 0 Å². The summed E-state index contributed by atoms with van der Waals surface area (Å²) in [6.07, 6.45) is 7.46. The third-order valence-electron chi connectivity index (χ3n) is 4.45. The van der Waals surface area contributed by atoms with Crippen molar-refractivity contribution in [2.24, 2.45) is 0 Å². The minimum atomic E-state index is 0.459. The van der Waals surface area contributed by atoms with Gasteiger partial charge in [-0.1, -0.05) is 56.2 Å². The van der Waals surface area contributed by atoms with Crippen LogP contribution in [0.2, 0.25) is 0 Å². The summed E-state index contributed by atoms with van der Waals surface area (Å²) in [4.78, 5) is 0. The molecular weight excluding hydrogens is 254 g/mol. The maximum absolute atomic E-state index is 3.75. The molecule has 1 nitrogen and oxygen atoms in total. The number of hydrogen-bond donors (Lipinski definition) is 1. The first-order valence-corrected chi connectivity index (χ1v) is 8.30. The maximum atomic E-state index is 3.75. The van der Waals surface area contributed by atoms with Gasteiger partial charge in [-0.15, -0.1) is 0 Å². The van der Waals surface area contributed by atoms with E-state index in [9.17, 15) is 0 Å². The van der Waals surface area contributed by atoms with Crippen molar-refractivity contribution in [3.8, 4) is 0 Å². The minimum Gasteiger partial charge on any atom is -0.378 e. The molecule has 0 fully saturated rings. The van der Waals surface area contributed by atoms with Crippen LogP contribution in [-0.2, 0) is 12.8 Å². The monoisotopic (exact) mass is 279 g/mol. The average Bonchev–Trinajstić information content (AvgIpc) is 2.72. The fourth-order valence-corrected chi connectivity index (χ4v) is 3.33. The van der Waals surface area contributed by atoms with Gasteiger partial charge in [-0.05, 0) is 54.5 Å². The molecule has 21 heavy (non-hydrogen) atoms. The van der Waals surface area contributed by atoms with Crippen LogP contribution in [0.3, 0.4) is 0 Å². The predicted molar refractivity (Wildman–Crippen MR) is 90.8 cm³/mol. The van der Waals surface area contributed by atoms with Crippen LogP contribution in [-0.4, -0.2) is 0 Å². The highest BCUT2D eigenvalue weighted by atomic mass is 14.9. The van der Waals surface area contributed by atoms with Crippen LogP contribution in [0.4, 0.5) is 5.69 Å². The summed E-state index contributed by atoms with van der Waals surface area (Å²) < 4.78 is 0. The molecule has 2 aromatic rings. The minimum absolute atomic E-state index is 0.459. The van der Waals surface area contributed by atoms with E-state index in [0.717, 1.165) is 0 Å². The second kappa shape index (κ2) is 6.80. The standard InChI is InChI=1S/C20H25N/c1-2-7-16-12-14-18(15-13-16)21-20-11-6-4-9-17-8-3-5-10-19(17)20/h3,5,8,10,12-15,20-21H,2,4,6-7,9,11H2,1H3. The Kier molecular flexibility index (Phi) is 4.59. The fraction of sp³-hybridized carbons (Fsp3) is 0.400. The number of anilines is 1. The lowest BCUT2D eigenvalue weighted by molar-refractivity contribution is 0.644. The van der Waals surface area contributed by atoms with Crippen molar-refractivity contribution in [2.45, 2.75) is 51.5 Å². The Labute approximate surface area is 128 Å². The maximum Gasteiger partial charge on any atom is 0.0516 e. The van der Waals surface area contributed by atoms with Gasteiger partial charge in [0.05, 0.1) is 6.04 Å². The van der Waals surface area contributed by atoms with E-state index in [1.807, 2.05) is 0 Å². The van der Waals surface area contributed by atoms with E-state index >= 15 is 0 Å². The lowest BCUT2D eigenvalue weighted by atomic mass is 9.99. The SMILES string of the molecule is CCCc1ccc(NC2CCCCc3ccccc32)cc1. The van der Waals surface area contributed by atoms with Crippen molar-refractivity contribution in [3.63, 3.8) is 0 Å². The van der Waals surface area contributed by atoms with Crippen molar-refractivity contribution >= 4 is 5.69 Å². The number of nitrogens with one attached hydrogen (secondary N) is 1. The Morgan fingerprint density at radius 2 is 1.81 bits per heavy atom. The molecule has 1 aliphatic carbocycles. The quantitative estimate of drug-likeness (QED) is 0.727. The first-order chi connectivity index (χ1) is 10.4. The van der Waals surface area contributed by atoms with Crippen molar-refractivity contribution in [3.05, 3.63) is 65.2 Å². The third-order valence-corrected chi connectivity index (χ3v) is 4.45. The first-order valence-electron chi connectivity index (χ1n) is 8.30. The van der Waals surface area contributed by atoms with Crippen molar-refractivity contribution in [1.29, 1.82) is 0 Å². The van der Waals surface area contributed by atoms with Crippen LogP contribution < -0.4 is 5.32 Å². The Hall–Kier alpha value is -1.76. The summed E-state index contributed by atoms with van der Waals surface area (Å²) in [7, 11) is 0. The van der Waals surface area contributed by atoms with Gasteiger partial charge >= 0.3 is 0 Å². The van der Waals surface area contributed by atoms with E-state index in [-0.39, 0.29) is 0 Å². The van der Waals surface area contributed by atoms with Gasteiger partial charge in [0.2, 0.25) is 0 Å². The molecule has 0 radical (unpaired) electrons. The molecule has 1 N–H and O–H groups in total. The lowest BCUT2D eigenvalue weighted by Crippen LogP contribution is -2.11. The van der Waals surface area contributed by atoms with Gasteiger partial charge in [0.25, 0.3) is 0 Å². The number of aryl methyl sites for hydroxylation is 2. The highest BCUT2D eigenvalue weighted by molar-refractivity contribution is 5.48. The van der Waals surface area contributed by atoms with Gasteiger partial charge in [-0.25, -0.2) is 0 Å². The van der Waals surface area contributed by atoms with Crippen LogP contribution >= 0.6 is 0 Å². The molecule has 0 aliphatic heterocycles. The molecule has 0 amide bonds. The molecule has 0 saturated heterocycles.